The van der Waals surface area contributed by atoms with Crippen LogP contribution in [0, 0.1) is 0 Å². The Kier molecular flexibility index (Phi) is 5.56. The molecule has 1 aliphatic heterocycles. The number of carboxylic acid groups (broad SMARTS) is 1. The van der Waals surface area contributed by atoms with Crippen LogP contribution in [-0.4, -0.2) is 65.7 Å². The van der Waals surface area contributed by atoms with Crippen molar-refractivity contribution in [2.24, 2.45) is 5.73 Å². The monoisotopic (exact) mass is 257 g/mol. The van der Waals surface area contributed by atoms with Gasteiger partial charge in [0, 0.05) is 25.7 Å². The van der Waals surface area contributed by atoms with Crippen LogP contribution in [0.1, 0.15) is 33.1 Å². The van der Waals surface area contributed by atoms with Gasteiger partial charge in [-0.3, -0.25) is 4.79 Å². The molecule has 0 spiro atoms. The molecular weight excluding hydrogens is 230 g/mol. The van der Waals surface area contributed by atoms with Crippen molar-refractivity contribution in [3.05, 3.63) is 0 Å². The second-order valence-electron chi connectivity index (χ2n) is 5.55. The van der Waals surface area contributed by atoms with Crippen LogP contribution in [0.25, 0.3) is 0 Å². The minimum absolute atomic E-state index is 0.488. The summed E-state index contributed by atoms with van der Waals surface area (Å²) in [6, 6.07) is 0.576. The van der Waals surface area contributed by atoms with Crippen molar-refractivity contribution in [2.75, 3.05) is 33.2 Å². The zero-order chi connectivity index (χ0) is 13.8. The summed E-state index contributed by atoms with van der Waals surface area (Å²) >= 11 is 0. The van der Waals surface area contributed by atoms with Crippen molar-refractivity contribution < 1.29 is 9.90 Å². The molecule has 106 valence electrons. The Balaban J connectivity index is 2.31. The molecule has 1 fully saturated rings. The van der Waals surface area contributed by atoms with Gasteiger partial charge in [-0.25, -0.2) is 0 Å². The second kappa shape index (κ2) is 6.50. The number of nitrogens with two attached hydrogens (primary N) is 1. The summed E-state index contributed by atoms with van der Waals surface area (Å²) in [4.78, 5) is 15.8. The van der Waals surface area contributed by atoms with Gasteiger partial charge < -0.3 is 20.6 Å². The van der Waals surface area contributed by atoms with Gasteiger partial charge >= 0.3 is 5.97 Å². The predicted molar refractivity (Wildman–Crippen MR) is 72.6 cm³/mol. The van der Waals surface area contributed by atoms with E-state index in [1.165, 1.54) is 0 Å². The van der Waals surface area contributed by atoms with Gasteiger partial charge in [0.2, 0.25) is 0 Å². The van der Waals surface area contributed by atoms with Crippen LogP contribution < -0.4 is 5.73 Å². The maximum absolute atomic E-state index is 11.1. The molecule has 0 radical (unpaired) electrons. The molecule has 3 N–H and O–H groups in total. The Morgan fingerprint density at radius 1 is 1.50 bits per heavy atom. The Morgan fingerprint density at radius 3 is 2.67 bits per heavy atom. The van der Waals surface area contributed by atoms with Crippen molar-refractivity contribution in [3.8, 4) is 0 Å². The fourth-order valence-corrected chi connectivity index (χ4v) is 2.38. The van der Waals surface area contributed by atoms with Crippen LogP contribution in [0.2, 0.25) is 0 Å². The van der Waals surface area contributed by atoms with E-state index in [0.717, 1.165) is 32.6 Å². The third-order valence-electron chi connectivity index (χ3n) is 4.20. The average Bonchev–Trinajstić information content (AvgIpc) is 2.33. The van der Waals surface area contributed by atoms with Crippen molar-refractivity contribution in [2.45, 2.75) is 44.7 Å². The molecule has 2 unspecified atom stereocenters. The fraction of sp³-hybridized carbons (Fsp3) is 0.923. The van der Waals surface area contributed by atoms with Crippen LogP contribution in [0.5, 0.6) is 0 Å². The Hall–Kier alpha value is -0.650. The summed E-state index contributed by atoms with van der Waals surface area (Å²) in [7, 11) is 2.15. The number of carbonyl (C=O) groups is 1. The highest BCUT2D eigenvalue weighted by molar-refractivity contribution is 5.78. The molecule has 1 aliphatic rings. The minimum Gasteiger partial charge on any atom is -0.480 e. The summed E-state index contributed by atoms with van der Waals surface area (Å²) < 4.78 is 0. The van der Waals surface area contributed by atoms with Crippen molar-refractivity contribution in [3.63, 3.8) is 0 Å². The number of hydrogen-bond acceptors (Lipinski definition) is 4. The first-order valence-electron chi connectivity index (χ1n) is 6.84. The molecule has 2 atom stereocenters. The molecule has 1 rings (SSSR count). The van der Waals surface area contributed by atoms with Gasteiger partial charge in [-0.2, -0.15) is 0 Å². The van der Waals surface area contributed by atoms with E-state index < -0.39 is 11.5 Å². The van der Waals surface area contributed by atoms with E-state index in [9.17, 15) is 4.79 Å². The summed E-state index contributed by atoms with van der Waals surface area (Å²) in [5, 5.41) is 9.10. The van der Waals surface area contributed by atoms with Gasteiger partial charge in [0.05, 0.1) is 0 Å². The van der Waals surface area contributed by atoms with Gasteiger partial charge in [0.15, 0.2) is 0 Å². The van der Waals surface area contributed by atoms with Gasteiger partial charge in [0.25, 0.3) is 0 Å². The lowest BCUT2D eigenvalue weighted by molar-refractivity contribution is -0.143. The lowest BCUT2D eigenvalue weighted by atomic mass is 9.91. The number of aliphatic carboxylic acids is 1. The topological polar surface area (TPSA) is 69.8 Å². The smallest absolute Gasteiger partial charge is 0.323 e. The quantitative estimate of drug-likeness (QED) is 0.729. The molecule has 0 saturated carbocycles. The second-order valence-corrected chi connectivity index (χ2v) is 5.55. The third kappa shape index (κ3) is 3.93. The fourth-order valence-electron chi connectivity index (χ4n) is 2.38. The Morgan fingerprint density at radius 2 is 2.17 bits per heavy atom. The molecular formula is C13H27N3O2. The summed E-state index contributed by atoms with van der Waals surface area (Å²) in [5.41, 5.74) is 4.84. The van der Waals surface area contributed by atoms with E-state index in [1.807, 2.05) is 6.92 Å². The van der Waals surface area contributed by atoms with E-state index >= 15 is 0 Å². The molecule has 0 bridgehead atoms. The van der Waals surface area contributed by atoms with Gasteiger partial charge in [-0.15, -0.1) is 0 Å². The molecule has 1 heterocycles. The number of likely N-dealkylation sites (N-methyl/N-ethyl adjacent to an activating group) is 1. The standard InChI is InChI=1S/C13H27N3O2/c1-4-13(14,12(17)18)6-5-7-16-9-8-15(3)11(2)10-16/h11H,4-10,14H2,1-3H3,(H,17,18). The van der Waals surface area contributed by atoms with Crippen LogP contribution in [-0.2, 0) is 4.79 Å². The van der Waals surface area contributed by atoms with Crippen molar-refractivity contribution in [1.82, 2.24) is 9.80 Å². The highest BCUT2D eigenvalue weighted by Gasteiger charge is 2.31. The zero-order valence-electron chi connectivity index (χ0n) is 11.9. The minimum atomic E-state index is -1.04. The third-order valence-corrected chi connectivity index (χ3v) is 4.20. The first kappa shape index (κ1) is 15.4. The summed E-state index contributed by atoms with van der Waals surface area (Å²) in [6.07, 6.45) is 1.90. The van der Waals surface area contributed by atoms with Gasteiger partial charge in [-0.1, -0.05) is 6.92 Å². The number of rotatable bonds is 6. The Labute approximate surface area is 110 Å². The lowest BCUT2D eigenvalue weighted by Gasteiger charge is -2.38. The van der Waals surface area contributed by atoms with E-state index in [1.54, 1.807) is 0 Å². The molecule has 18 heavy (non-hydrogen) atoms. The van der Waals surface area contributed by atoms with Crippen molar-refractivity contribution >= 4 is 5.97 Å². The first-order valence-corrected chi connectivity index (χ1v) is 6.84. The van der Waals surface area contributed by atoms with E-state index in [4.69, 9.17) is 10.8 Å². The predicted octanol–water partition coefficient (Wildman–Crippen LogP) is 0.595. The maximum Gasteiger partial charge on any atom is 0.323 e. The number of piperazine rings is 1. The van der Waals surface area contributed by atoms with E-state index in [0.29, 0.717) is 18.9 Å². The largest absolute Gasteiger partial charge is 0.480 e. The van der Waals surface area contributed by atoms with Gasteiger partial charge in [-0.05, 0) is 39.8 Å². The van der Waals surface area contributed by atoms with E-state index in [-0.39, 0.29) is 0 Å². The normalized spacial score (nSPS) is 25.9. The SMILES string of the molecule is CCC(N)(CCCN1CCN(C)C(C)C1)C(=O)O. The highest BCUT2D eigenvalue weighted by atomic mass is 16.4. The number of carboxylic acids is 1. The molecule has 0 amide bonds. The number of nitrogens with zero attached hydrogens (tertiary/aromatic N) is 2. The number of hydrogen-bond donors (Lipinski definition) is 2. The van der Waals surface area contributed by atoms with Crippen LogP contribution in [0.4, 0.5) is 0 Å². The molecule has 5 nitrogen and oxygen atoms in total. The summed E-state index contributed by atoms with van der Waals surface area (Å²) in [5.74, 6) is -0.878. The molecule has 0 aromatic heterocycles. The van der Waals surface area contributed by atoms with Crippen LogP contribution in [0.3, 0.4) is 0 Å². The molecule has 5 heteroatoms. The molecule has 1 saturated heterocycles. The Bertz CT molecular complexity index is 285. The van der Waals surface area contributed by atoms with Crippen LogP contribution >= 0.6 is 0 Å². The molecule has 0 aromatic rings. The molecule has 0 aromatic carbocycles. The summed E-state index contributed by atoms with van der Waals surface area (Å²) in [6.45, 7) is 8.23. The maximum atomic E-state index is 11.1. The molecule has 0 aliphatic carbocycles. The van der Waals surface area contributed by atoms with Crippen molar-refractivity contribution in [1.29, 1.82) is 0 Å². The zero-order valence-corrected chi connectivity index (χ0v) is 11.9. The lowest BCUT2D eigenvalue weighted by Crippen LogP contribution is -2.51. The first-order chi connectivity index (χ1) is 8.39. The average molecular weight is 257 g/mol. The van der Waals surface area contributed by atoms with Crippen LogP contribution in [0.15, 0.2) is 0 Å². The van der Waals surface area contributed by atoms with Gasteiger partial charge in [0.1, 0.15) is 5.54 Å². The van der Waals surface area contributed by atoms with E-state index in [2.05, 4.69) is 23.8 Å². The highest BCUT2D eigenvalue weighted by Crippen LogP contribution is 2.16.